The molecule has 1 amide bonds. The summed E-state index contributed by atoms with van der Waals surface area (Å²) in [7, 11) is 0. The smallest absolute Gasteiger partial charge is 0.231 e. The Hall–Kier alpha value is -1.87. The first-order valence-electron chi connectivity index (χ1n) is 8.50. The number of rotatable bonds is 5. The lowest BCUT2D eigenvalue weighted by Gasteiger charge is -2.42. The van der Waals surface area contributed by atoms with Gasteiger partial charge in [0.2, 0.25) is 5.91 Å². The zero-order valence-corrected chi connectivity index (χ0v) is 14.9. The third-order valence-electron chi connectivity index (χ3n) is 5.04. The fourth-order valence-corrected chi connectivity index (χ4v) is 3.55. The second kappa shape index (κ2) is 6.94. The SMILES string of the molecule is CC(C)C(NC(=O)C1(c2ccc(Cl)cc2)CCC1)c1cccnc1. The van der Waals surface area contributed by atoms with E-state index in [9.17, 15) is 4.79 Å². The van der Waals surface area contributed by atoms with Crippen LogP contribution in [0.2, 0.25) is 5.02 Å². The van der Waals surface area contributed by atoms with Crippen molar-refractivity contribution < 1.29 is 4.79 Å². The van der Waals surface area contributed by atoms with E-state index in [4.69, 9.17) is 11.6 Å². The highest BCUT2D eigenvalue weighted by molar-refractivity contribution is 6.30. The maximum Gasteiger partial charge on any atom is 0.231 e. The molecule has 2 aromatic rings. The van der Waals surface area contributed by atoms with Gasteiger partial charge in [0.05, 0.1) is 11.5 Å². The van der Waals surface area contributed by atoms with Gasteiger partial charge in [-0.2, -0.15) is 0 Å². The fraction of sp³-hybridized carbons (Fsp3) is 0.400. The first kappa shape index (κ1) is 17.0. The van der Waals surface area contributed by atoms with Crippen LogP contribution in [-0.2, 0) is 10.2 Å². The molecule has 0 spiro atoms. The second-order valence-electron chi connectivity index (χ2n) is 6.92. The molecule has 3 rings (SSSR count). The lowest BCUT2D eigenvalue weighted by Crippen LogP contribution is -2.50. The van der Waals surface area contributed by atoms with Gasteiger partial charge >= 0.3 is 0 Å². The molecule has 0 saturated heterocycles. The van der Waals surface area contributed by atoms with Crippen LogP contribution in [0.5, 0.6) is 0 Å². The quantitative estimate of drug-likeness (QED) is 0.857. The highest BCUT2D eigenvalue weighted by Gasteiger charge is 2.46. The van der Waals surface area contributed by atoms with Crippen molar-refractivity contribution in [2.75, 3.05) is 0 Å². The average Bonchev–Trinajstić information content (AvgIpc) is 2.54. The normalized spacial score (nSPS) is 17.2. The monoisotopic (exact) mass is 342 g/mol. The Morgan fingerprint density at radius 2 is 1.92 bits per heavy atom. The number of carbonyl (C=O) groups is 1. The Labute approximate surface area is 148 Å². The van der Waals surface area contributed by atoms with Crippen molar-refractivity contribution in [2.24, 2.45) is 5.92 Å². The van der Waals surface area contributed by atoms with Crippen LogP contribution in [0.4, 0.5) is 0 Å². The highest BCUT2D eigenvalue weighted by atomic mass is 35.5. The molecule has 1 aromatic heterocycles. The second-order valence-corrected chi connectivity index (χ2v) is 7.36. The Bertz CT molecular complexity index is 693. The number of nitrogens with one attached hydrogen (secondary N) is 1. The van der Waals surface area contributed by atoms with E-state index in [-0.39, 0.29) is 11.9 Å². The summed E-state index contributed by atoms with van der Waals surface area (Å²) in [5.41, 5.74) is 1.69. The fourth-order valence-electron chi connectivity index (χ4n) is 3.42. The van der Waals surface area contributed by atoms with Crippen LogP contribution in [0.15, 0.2) is 48.8 Å². The summed E-state index contributed by atoms with van der Waals surface area (Å²) in [6.07, 6.45) is 6.44. The summed E-state index contributed by atoms with van der Waals surface area (Å²) < 4.78 is 0. The molecule has 0 radical (unpaired) electrons. The molecule has 1 atom stereocenters. The van der Waals surface area contributed by atoms with Crippen molar-refractivity contribution in [3.05, 3.63) is 64.9 Å². The van der Waals surface area contributed by atoms with Gasteiger partial charge in [-0.1, -0.05) is 50.1 Å². The number of carbonyl (C=O) groups excluding carboxylic acids is 1. The molecule has 1 unspecified atom stereocenters. The molecule has 4 heteroatoms. The summed E-state index contributed by atoms with van der Waals surface area (Å²) in [5.74, 6) is 0.402. The minimum Gasteiger partial charge on any atom is -0.348 e. The maximum absolute atomic E-state index is 13.2. The van der Waals surface area contributed by atoms with E-state index < -0.39 is 5.41 Å². The van der Waals surface area contributed by atoms with Gasteiger partial charge in [0.1, 0.15) is 0 Å². The van der Waals surface area contributed by atoms with Gasteiger partial charge in [0.25, 0.3) is 0 Å². The predicted octanol–water partition coefficient (Wildman–Crippen LogP) is 4.67. The van der Waals surface area contributed by atoms with Gasteiger partial charge in [-0.05, 0) is 48.1 Å². The Morgan fingerprint density at radius 1 is 1.21 bits per heavy atom. The van der Waals surface area contributed by atoms with Gasteiger partial charge in [0, 0.05) is 17.4 Å². The van der Waals surface area contributed by atoms with E-state index >= 15 is 0 Å². The third kappa shape index (κ3) is 3.18. The van der Waals surface area contributed by atoms with E-state index in [2.05, 4.69) is 24.1 Å². The van der Waals surface area contributed by atoms with Gasteiger partial charge in [-0.3, -0.25) is 9.78 Å². The number of pyridine rings is 1. The van der Waals surface area contributed by atoms with Crippen molar-refractivity contribution in [3.63, 3.8) is 0 Å². The molecule has 1 saturated carbocycles. The Kier molecular flexibility index (Phi) is 4.91. The van der Waals surface area contributed by atoms with E-state index in [0.29, 0.717) is 10.9 Å². The molecule has 0 bridgehead atoms. The zero-order valence-electron chi connectivity index (χ0n) is 14.1. The van der Waals surface area contributed by atoms with E-state index in [1.54, 1.807) is 6.20 Å². The van der Waals surface area contributed by atoms with Crippen LogP contribution in [0.1, 0.15) is 50.3 Å². The standard InChI is InChI=1S/C20H23ClN2O/c1-14(2)18(15-5-3-12-22-13-15)23-19(24)20(10-4-11-20)16-6-8-17(21)9-7-16/h3,5-9,12-14,18H,4,10-11H2,1-2H3,(H,23,24). The van der Waals surface area contributed by atoms with E-state index in [0.717, 1.165) is 30.4 Å². The molecular formula is C20H23ClN2O. The number of amides is 1. The number of hydrogen-bond donors (Lipinski definition) is 1. The van der Waals surface area contributed by atoms with Crippen LogP contribution < -0.4 is 5.32 Å². The van der Waals surface area contributed by atoms with Gasteiger partial charge in [-0.15, -0.1) is 0 Å². The molecule has 1 N–H and O–H groups in total. The molecule has 1 aromatic carbocycles. The van der Waals surface area contributed by atoms with Crippen molar-refractivity contribution >= 4 is 17.5 Å². The number of halogens is 1. The summed E-state index contributed by atoms with van der Waals surface area (Å²) >= 11 is 6.00. The number of benzene rings is 1. The first-order valence-corrected chi connectivity index (χ1v) is 8.88. The largest absolute Gasteiger partial charge is 0.348 e. The highest BCUT2D eigenvalue weighted by Crippen LogP contribution is 2.44. The number of hydrogen-bond acceptors (Lipinski definition) is 2. The molecule has 126 valence electrons. The number of aromatic nitrogens is 1. The van der Waals surface area contributed by atoms with Crippen molar-refractivity contribution in [3.8, 4) is 0 Å². The maximum atomic E-state index is 13.2. The molecule has 1 heterocycles. The minimum absolute atomic E-state index is 0.0315. The molecule has 3 nitrogen and oxygen atoms in total. The van der Waals surface area contributed by atoms with E-state index in [1.807, 2.05) is 42.6 Å². The summed E-state index contributed by atoms with van der Waals surface area (Å²) in [4.78, 5) is 17.3. The molecular weight excluding hydrogens is 320 g/mol. The molecule has 1 aliphatic carbocycles. The van der Waals surface area contributed by atoms with Crippen molar-refractivity contribution in [1.82, 2.24) is 10.3 Å². The van der Waals surface area contributed by atoms with Gasteiger partial charge in [0.15, 0.2) is 0 Å². The first-order chi connectivity index (χ1) is 11.5. The summed E-state index contributed by atoms with van der Waals surface area (Å²) in [5, 5.41) is 3.97. The van der Waals surface area contributed by atoms with Crippen LogP contribution in [-0.4, -0.2) is 10.9 Å². The average molecular weight is 343 g/mol. The van der Waals surface area contributed by atoms with Crippen LogP contribution in [0.3, 0.4) is 0 Å². The van der Waals surface area contributed by atoms with Crippen LogP contribution in [0.25, 0.3) is 0 Å². The molecule has 0 aliphatic heterocycles. The van der Waals surface area contributed by atoms with Crippen molar-refractivity contribution in [1.29, 1.82) is 0 Å². The van der Waals surface area contributed by atoms with E-state index in [1.165, 1.54) is 0 Å². The van der Waals surface area contributed by atoms with Crippen LogP contribution in [0, 0.1) is 5.92 Å². The molecule has 24 heavy (non-hydrogen) atoms. The third-order valence-corrected chi connectivity index (χ3v) is 5.29. The predicted molar refractivity (Wildman–Crippen MR) is 96.9 cm³/mol. The Morgan fingerprint density at radius 3 is 2.42 bits per heavy atom. The van der Waals surface area contributed by atoms with Crippen molar-refractivity contribution in [2.45, 2.75) is 44.6 Å². The minimum atomic E-state index is -0.417. The summed E-state index contributed by atoms with van der Waals surface area (Å²) in [6.45, 7) is 4.24. The summed E-state index contributed by atoms with van der Waals surface area (Å²) in [6, 6.07) is 11.6. The number of nitrogens with zero attached hydrogens (tertiary/aromatic N) is 1. The van der Waals surface area contributed by atoms with Gasteiger partial charge in [-0.25, -0.2) is 0 Å². The topological polar surface area (TPSA) is 42.0 Å². The van der Waals surface area contributed by atoms with Gasteiger partial charge < -0.3 is 5.32 Å². The molecule has 1 aliphatic rings. The zero-order chi connectivity index (χ0) is 17.2. The lowest BCUT2D eigenvalue weighted by molar-refractivity contribution is -0.131. The van der Waals surface area contributed by atoms with Crippen LogP contribution >= 0.6 is 11.6 Å². The lowest BCUT2D eigenvalue weighted by atomic mass is 9.63. The molecule has 1 fully saturated rings. The Balaban J connectivity index is 1.85.